The topological polar surface area (TPSA) is 138 Å². The predicted molar refractivity (Wildman–Crippen MR) is 211 cm³/mol. The van der Waals surface area contributed by atoms with E-state index in [0.717, 1.165) is 38.5 Å². The molecule has 0 saturated heterocycles. The molecular formula is C41H72NO8P. The van der Waals surface area contributed by atoms with E-state index in [1.165, 1.54) is 70.6 Å². The Morgan fingerprint density at radius 3 is 2.00 bits per heavy atom. The molecule has 0 fully saturated rings. The Morgan fingerprint density at radius 2 is 1.33 bits per heavy atom. The van der Waals surface area contributed by atoms with E-state index < -0.39 is 20.0 Å². The number of esters is 1. The van der Waals surface area contributed by atoms with E-state index in [-0.39, 0.29) is 38.8 Å². The summed E-state index contributed by atoms with van der Waals surface area (Å²) >= 11 is 0. The van der Waals surface area contributed by atoms with Crippen molar-refractivity contribution in [2.75, 3.05) is 26.4 Å². The molecule has 0 radical (unpaired) electrons. The van der Waals surface area contributed by atoms with Crippen LogP contribution in [0.2, 0.25) is 0 Å². The highest BCUT2D eigenvalue weighted by Gasteiger charge is 2.24. The lowest BCUT2D eigenvalue weighted by atomic mass is 10.0. The van der Waals surface area contributed by atoms with Crippen molar-refractivity contribution in [3.8, 4) is 0 Å². The van der Waals surface area contributed by atoms with Gasteiger partial charge in [-0.05, 0) is 57.4 Å². The Hall–Kier alpha value is -2.26. The number of ether oxygens (including phenoxy) is 2. The van der Waals surface area contributed by atoms with Gasteiger partial charge in [0.1, 0.15) is 6.61 Å². The fourth-order valence-corrected chi connectivity index (χ4v) is 5.62. The van der Waals surface area contributed by atoms with Gasteiger partial charge in [0.15, 0.2) is 6.10 Å². The van der Waals surface area contributed by atoms with E-state index in [1.54, 1.807) is 6.26 Å². The van der Waals surface area contributed by atoms with Crippen molar-refractivity contribution in [2.45, 2.75) is 154 Å². The maximum absolute atomic E-state index is 12.3. The molecule has 0 saturated carbocycles. The van der Waals surface area contributed by atoms with E-state index in [2.05, 4.69) is 37.3 Å². The van der Waals surface area contributed by atoms with Crippen molar-refractivity contribution in [1.29, 1.82) is 0 Å². The Morgan fingerprint density at radius 1 is 0.725 bits per heavy atom. The summed E-state index contributed by atoms with van der Waals surface area (Å²) in [6, 6.07) is 0. The molecule has 0 aliphatic rings. The van der Waals surface area contributed by atoms with Gasteiger partial charge in [-0.2, -0.15) is 0 Å². The molecule has 0 aromatic heterocycles. The standard InChI is InChI=1S/C41H72NO8P/c1-3-5-7-8-9-10-11-12-15-18-21-24-27-30-35-47-40(38-50-51(45,46)49-36-34-42)37-48-41(44)33-29-26-23-20-17-14-13-16-19-22-25-28-32-39(43)31-6-4-2/h6,13-14,19-20,22-23,25,28,30-31,35,39-40,43H,3-5,7-12,15-18,21,24,26-27,29,32-34,36-38,42H2,1-2H3,(H,45,46)/b14-13-,22-19-,23-20-,28-25+,31-6-,35-30+/t39?,40-/m1/s1. The number of carbonyl (C=O) groups is 1. The second-order valence-electron chi connectivity index (χ2n) is 12.7. The highest BCUT2D eigenvalue weighted by Crippen LogP contribution is 2.43. The minimum absolute atomic E-state index is 0.0837. The third-order valence-corrected chi connectivity index (χ3v) is 8.79. The monoisotopic (exact) mass is 737 g/mol. The normalized spacial score (nSPS) is 14.9. The number of hydrogen-bond acceptors (Lipinski definition) is 8. The van der Waals surface area contributed by atoms with Crippen molar-refractivity contribution < 1.29 is 37.9 Å². The molecule has 10 heteroatoms. The summed E-state index contributed by atoms with van der Waals surface area (Å²) in [6.07, 6.45) is 43.6. The van der Waals surface area contributed by atoms with E-state index in [1.807, 2.05) is 43.4 Å². The largest absolute Gasteiger partial charge is 0.492 e. The Kier molecular flexibility index (Phi) is 35.8. The van der Waals surface area contributed by atoms with Crippen molar-refractivity contribution in [1.82, 2.24) is 0 Å². The van der Waals surface area contributed by atoms with Crippen molar-refractivity contribution >= 4 is 13.8 Å². The second kappa shape index (κ2) is 37.5. The smallest absolute Gasteiger partial charge is 0.472 e. The van der Waals surface area contributed by atoms with Gasteiger partial charge < -0.3 is 25.2 Å². The predicted octanol–water partition coefficient (Wildman–Crippen LogP) is 10.5. The van der Waals surface area contributed by atoms with E-state index in [0.29, 0.717) is 12.8 Å². The van der Waals surface area contributed by atoms with Crippen LogP contribution in [0.25, 0.3) is 0 Å². The number of unbranched alkanes of at least 4 members (excludes halogenated alkanes) is 13. The summed E-state index contributed by atoms with van der Waals surface area (Å²) in [5.41, 5.74) is 5.34. The molecule has 0 spiro atoms. The Labute approximate surface area is 310 Å². The minimum Gasteiger partial charge on any atom is -0.492 e. The molecule has 294 valence electrons. The number of phosphoric ester groups is 1. The molecule has 4 N–H and O–H groups in total. The summed E-state index contributed by atoms with van der Waals surface area (Å²) in [4.78, 5) is 22.2. The van der Waals surface area contributed by atoms with Crippen LogP contribution in [-0.2, 0) is 27.9 Å². The summed E-state index contributed by atoms with van der Waals surface area (Å²) < 4.78 is 33.0. The summed E-state index contributed by atoms with van der Waals surface area (Å²) in [7, 11) is -4.29. The van der Waals surface area contributed by atoms with Crippen LogP contribution in [0.3, 0.4) is 0 Å². The number of rotatable bonds is 36. The fourth-order valence-electron chi connectivity index (χ4n) is 4.86. The van der Waals surface area contributed by atoms with Crippen LogP contribution in [0.1, 0.15) is 142 Å². The van der Waals surface area contributed by atoms with Gasteiger partial charge in [0.2, 0.25) is 0 Å². The Bertz CT molecular complexity index is 1020. The van der Waals surface area contributed by atoms with E-state index in [4.69, 9.17) is 24.3 Å². The molecule has 0 heterocycles. The molecule has 2 unspecified atom stereocenters. The molecule has 9 nitrogen and oxygen atoms in total. The van der Waals surface area contributed by atoms with Crippen LogP contribution in [0, 0.1) is 0 Å². The lowest BCUT2D eigenvalue weighted by Crippen LogP contribution is -2.25. The molecule has 0 aliphatic carbocycles. The van der Waals surface area contributed by atoms with Gasteiger partial charge in [-0.3, -0.25) is 13.8 Å². The molecule has 0 aliphatic heterocycles. The summed E-state index contributed by atoms with van der Waals surface area (Å²) in [5, 5.41) is 9.74. The first-order chi connectivity index (χ1) is 24.8. The second-order valence-corrected chi connectivity index (χ2v) is 14.1. The molecule has 51 heavy (non-hydrogen) atoms. The third kappa shape index (κ3) is 37.3. The lowest BCUT2D eigenvalue weighted by molar-refractivity contribution is -0.147. The number of phosphoric acid groups is 1. The molecule has 0 aromatic rings. The van der Waals surface area contributed by atoms with Gasteiger partial charge in [-0.1, -0.05) is 145 Å². The average Bonchev–Trinajstić information content (AvgIpc) is 3.12. The highest BCUT2D eigenvalue weighted by molar-refractivity contribution is 7.47. The van der Waals surface area contributed by atoms with Crippen LogP contribution >= 0.6 is 7.82 Å². The van der Waals surface area contributed by atoms with Crippen LogP contribution in [0.5, 0.6) is 0 Å². The first-order valence-electron chi connectivity index (χ1n) is 19.6. The van der Waals surface area contributed by atoms with Crippen LogP contribution in [0.15, 0.2) is 73.1 Å². The average molecular weight is 738 g/mol. The number of aliphatic hydroxyl groups is 1. The zero-order valence-corrected chi connectivity index (χ0v) is 32.8. The number of allylic oxidation sites excluding steroid dienone is 9. The minimum atomic E-state index is -4.29. The fraction of sp³-hybridized carbons (Fsp3) is 0.683. The van der Waals surface area contributed by atoms with Gasteiger partial charge in [-0.25, -0.2) is 4.57 Å². The highest BCUT2D eigenvalue weighted by atomic mass is 31.2. The summed E-state index contributed by atoms with van der Waals surface area (Å²) in [5.74, 6) is -0.364. The summed E-state index contributed by atoms with van der Waals surface area (Å²) in [6.45, 7) is 3.88. The van der Waals surface area contributed by atoms with Gasteiger partial charge in [0, 0.05) is 13.0 Å². The lowest BCUT2D eigenvalue weighted by Gasteiger charge is -2.19. The number of carbonyl (C=O) groups excluding carboxylic acids is 1. The van der Waals surface area contributed by atoms with Gasteiger partial charge in [0.05, 0.1) is 25.6 Å². The number of hydrogen-bond donors (Lipinski definition) is 3. The van der Waals surface area contributed by atoms with Gasteiger partial charge in [0.25, 0.3) is 0 Å². The van der Waals surface area contributed by atoms with Crippen molar-refractivity contribution in [2.24, 2.45) is 5.73 Å². The van der Waals surface area contributed by atoms with Gasteiger partial charge >= 0.3 is 13.8 Å². The third-order valence-electron chi connectivity index (χ3n) is 7.80. The maximum atomic E-state index is 12.3. The van der Waals surface area contributed by atoms with Crippen LogP contribution in [0.4, 0.5) is 0 Å². The SMILES string of the molecule is CC/C=C\C(O)C/C=C/C=C\C/C=C\C/C=C\CCCC(=O)OC[C@H](COP(=O)(O)OCCN)O/C=C/CCCCCCCCCCCCCC. The van der Waals surface area contributed by atoms with Crippen molar-refractivity contribution in [3.63, 3.8) is 0 Å². The van der Waals surface area contributed by atoms with E-state index >= 15 is 0 Å². The van der Waals surface area contributed by atoms with Crippen molar-refractivity contribution in [3.05, 3.63) is 73.1 Å². The van der Waals surface area contributed by atoms with E-state index in [9.17, 15) is 19.4 Å². The Balaban J connectivity index is 4.28. The quantitative estimate of drug-likeness (QED) is 0.0143. The first-order valence-corrected chi connectivity index (χ1v) is 21.1. The molecule has 3 atom stereocenters. The number of aliphatic hydroxyl groups excluding tert-OH is 1. The molecule has 0 amide bonds. The zero-order valence-electron chi connectivity index (χ0n) is 31.9. The first kappa shape index (κ1) is 48.7. The maximum Gasteiger partial charge on any atom is 0.472 e. The number of nitrogens with two attached hydrogens (primary N) is 1. The van der Waals surface area contributed by atoms with Crippen LogP contribution < -0.4 is 5.73 Å². The molecule has 0 rings (SSSR count). The molecule has 0 aromatic carbocycles. The van der Waals surface area contributed by atoms with Gasteiger partial charge in [-0.15, -0.1) is 0 Å². The molecule has 0 bridgehead atoms. The van der Waals surface area contributed by atoms with Crippen LogP contribution in [-0.4, -0.2) is 54.5 Å². The zero-order chi connectivity index (χ0) is 37.5. The molecular weight excluding hydrogens is 665 g/mol.